The number of aromatic nitrogens is 2. The highest BCUT2D eigenvalue weighted by Crippen LogP contribution is 2.09. The fourth-order valence-electron chi connectivity index (χ4n) is 1.02. The SMILES string of the molecule is Cn1ccn(C(C)(C)C)c1=N. The van der Waals surface area contributed by atoms with Crippen molar-refractivity contribution < 1.29 is 0 Å². The summed E-state index contributed by atoms with van der Waals surface area (Å²) in [5.41, 5.74) is 0.552. The first-order valence-electron chi connectivity index (χ1n) is 3.72. The number of nitrogens with zero attached hydrogens (tertiary/aromatic N) is 2. The van der Waals surface area contributed by atoms with Crippen LogP contribution in [0.4, 0.5) is 0 Å². The minimum atomic E-state index is 0.0122. The van der Waals surface area contributed by atoms with Gasteiger partial charge in [-0.3, -0.25) is 5.41 Å². The lowest BCUT2D eigenvalue weighted by Gasteiger charge is -2.20. The van der Waals surface area contributed by atoms with Gasteiger partial charge < -0.3 is 9.13 Å². The van der Waals surface area contributed by atoms with Gasteiger partial charge >= 0.3 is 0 Å². The predicted molar refractivity (Wildman–Crippen MR) is 44.3 cm³/mol. The molecule has 0 fully saturated rings. The Kier molecular flexibility index (Phi) is 1.66. The van der Waals surface area contributed by atoms with Gasteiger partial charge in [-0.05, 0) is 20.8 Å². The summed E-state index contributed by atoms with van der Waals surface area (Å²) in [5, 5.41) is 7.66. The molecular formula is C8H15N3. The molecule has 3 heteroatoms. The summed E-state index contributed by atoms with van der Waals surface area (Å²) in [6.07, 6.45) is 3.83. The Morgan fingerprint density at radius 3 is 2.00 bits per heavy atom. The van der Waals surface area contributed by atoms with Crippen molar-refractivity contribution in [2.75, 3.05) is 0 Å². The van der Waals surface area contributed by atoms with Gasteiger partial charge in [-0.25, -0.2) is 0 Å². The van der Waals surface area contributed by atoms with Crippen LogP contribution in [0.1, 0.15) is 20.8 Å². The van der Waals surface area contributed by atoms with Crippen LogP contribution in [-0.4, -0.2) is 9.13 Å². The molecule has 0 aliphatic heterocycles. The standard InChI is InChI=1S/C8H15N3/c1-8(2,3)11-6-5-10(4)7(11)9/h5-6,9H,1-4H3. The molecule has 62 valence electrons. The zero-order valence-corrected chi connectivity index (χ0v) is 7.55. The number of aryl methyl sites for hydroxylation is 1. The van der Waals surface area contributed by atoms with E-state index < -0.39 is 0 Å². The Balaban J connectivity index is 3.27. The van der Waals surface area contributed by atoms with Crippen molar-refractivity contribution in [1.29, 1.82) is 5.41 Å². The van der Waals surface area contributed by atoms with E-state index in [1.165, 1.54) is 0 Å². The van der Waals surface area contributed by atoms with E-state index in [2.05, 4.69) is 20.8 Å². The normalized spacial score (nSPS) is 12.0. The van der Waals surface area contributed by atoms with E-state index in [4.69, 9.17) is 5.41 Å². The molecule has 1 aromatic heterocycles. The van der Waals surface area contributed by atoms with Crippen LogP contribution >= 0.6 is 0 Å². The summed E-state index contributed by atoms with van der Waals surface area (Å²) in [4.78, 5) is 0. The molecule has 0 saturated heterocycles. The maximum absolute atomic E-state index is 7.66. The van der Waals surface area contributed by atoms with Gasteiger partial charge in [0.2, 0.25) is 5.62 Å². The van der Waals surface area contributed by atoms with Crippen LogP contribution in [-0.2, 0) is 12.6 Å². The van der Waals surface area contributed by atoms with E-state index in [9.17, 15) is 0 Å². The minimum Gasteiger partial charge on any atom is -0.321 e. The van der Waals surface area contributed by atoms with E-state index in [0.29, 0.717) is 5.62 Å². The molecule has 0 spiro atoms. The third-order valence-electron chi connectivity index (χ3n) is 1.72. The van der Waals surface area contributed by atoms with Crippen molar-refractivity contribution in [1.82, 2.24) is 9.13 Å². The lowest BCUT2D eigenvalue weighted by Crippen LogP contribution is -2.33. The number of hydrogen-bond donors (Lipinski definition) is 1. The Hall–Kier alpha value is -0.990. The highest BCUT2D eigenvalue weighted by atomic mass is 15.2. The van der Waals surface area contributed by atoms with Crippen LogP contribution < -0.4 is 5.62 Å². The summed E-state index contributed by atoms with van der Waals surface area (Å²) >= 11 is 0. The van der Waals surface area contributed by atoms with Crippen LogP contribution in [0.2, 0.25) is 0 Å². The molecule has 0 saturated carbocycles. The van der Waals surface area contributed by atoms with Crippen LogP contribution in [0, 0.1) is 5.41 Å². The average Bonchev–Trinajstić information content (AvgIpc) is 2.11. The summed E-state index contributed by atoms with van der Waals surface area (Å²) in [7, 11) is 1.88. The summed E-state index contributed by atoms with van der Waals surface area (Å²) in [5.74, 6) is 0. The zero-order valence-electron chi connectivity index (χ0n) is 7.55. The second-order valence-electron chi connectivity index (χ2n) is 3.77. The smallest absolute Gasteiger partial charge is 0.202 e. The third kappa shape index (κ3) is 1.37. The van der Waals surface area contributed by atoms with Crippen LogP contribution in [0.5, 0.6) is 0 Å². The molecule has 1 rings (SSSR count). The van der Waals surface area contributed by atoms with Crippen LogP contribution in [0.15, 0.2) is 12.4 Å². The highest BCUT2D eigenvalue weighted by molar-refractivity contribution is 4.84. The van der Waals surface area contributed by atoms with Crippen molar-refractivity contribution in [3.8, 4) is 0 Å². The van der Waals surface area contributed by atoms with Crippen molar-refractivity contribution in [3.05, 3.63) is 18.0 Å². The first-order chi connectivity index (χ1) is 4.93. The summed E-state index contributed by atoms with van der Waals surface area (Å²) < 4.78 is 3.73. The second-order valence-corrected chi connectivity index (χ2v) is 3.77. The Morgan fingerprint density at radius 1 is 1.27 bits per heavy atom. The summed E-state index contributed by atoms with van der Waals surface area (Å²) in [6.45, 7) is 6.26. The topological polar surface area (TPSA) is 33.7 Å². The van der Waals surface area contributed by atoms with Gasteiger partial charge in [0.25, 0.3) is 0 Å². The molecule has 0 unspecified atom stereocenters. The maximum Gasteiger partial charge on any atom is 0.202 e. The molecule has 1 N–H and O–H groups in total. The number of rotatable bonds is 0. The highest BCUT2D eigenvalue weighted by Gasteiger charge is 2.13. The first kappa shape index (κ1) is 8.11. The van der Waals surface area contributed by atoms with Gasteiger partial charge in [-0.2, -0.15) is 0 Å². The third-order valence-corrected chi connectivity index (χ3v) is 1.72. The van der Waals surface area contributed by atoms with Crippen LogP contribution in [0.25, 0.3) is 0 Å². The van der Waals surface area contributed by atoms with E-state index >= 15 is 0 Å². The van der Waals surface area contributed by atoms with E-state index in [0.717, 1.165) is 0 Å². The molecule has 0 aliphatic rings. The lowest BCUT2D eigenvalue weighted by molar-refractivity contribution is 0.374. The van der Waals surface area contributed by atoms with Gasteiger partial charge in [0, 0.05) is 25.0 Å². The summed E-state index contributed by atoms with van der Waals surface area (Å²) in [6, 6.07) is 0. The lowest BCUT2D eigenvalue weighted by atomic mass is 10.1. The molecule has 0 radical (unpaired) electrons. The molecule has 1 aromatic rings. The van der Waals surface area contributed by atoms with Gasteiger partial charge in [-0.1, -0.05) is 0 Å². The fraction of sp³-hybridized carbons (Fsp3) is 0.625. The molecule has 3 nitrogen and oxygen atoms in total. The fourth-order valence-corrected chi connectivity index (χ4v) is 1.02. The monoisotopic (exact) mass is 153 g/mol. The molecule has 0 amide bonds. The van der Waals surface area contributed by atoms with E-state index in [1.807, 2.05) is 24.0 Å². The van der Waals surface area contributed by atoms with Crippen molar-refractivity contribution >= 4 is 0 Å². The predicted octanol–water partition coefficient (Wildman–Crippen LogP) is 1.06. The van der Waals surface area contributed by atoms with Gasteiger partial charge in [0.05, 0.1) is 0 Å². The van der Waals surface area contributed by atoms with E-state index in [-0.39, 0.29) is 5.54 Å². The Morgan fingerprint density at radius 2 is 1.82 bits per heavy atom. The number of hydrogen-bond acceptors (Lipinski definition) is 1. The van der Waals surface area contributed by atoms with Crippen molar-refractivity contribution in [3.63, 3.8) is 0 Å². The largest absolute Gasteiger partial charge is 0.321 e. The van der Waals surface area contributed by atoms with Crippen molar-refractivity contribution in [2.45, 2.75) is 26.3 Å². The van der Waals surface area contributed by atoms with Gasteiger partial charge in [0.1, 0.15) is 0 Å². The molecule has 0 bridgehead atoms. The molecule has 0 atom stereocenters. The molecule has 0 aliphatic carbocycles. The first-order valence-corrected chi connectivity index (χ1v) is 3.72. The molecular weight excluding hydrogens is 138 g/mol. The van der Waals surface area contributed by atoms with Gasteiger partial charge in [-0.15, -0.1) is 0 Å². The average molecular weight is 153 g/mol. The minimum absolute atomic E-state index is 0.0122. The van der Waals surface area contributed by atoms with Crippen LogP contribution in [0.3, 0.4) is 0 Å². The quantitative estimate of drug-likeness (QED) is 0.578. The maximum atomic E-state index is 7.66. The molecule has 0 aromatic carbocycles. The molecule has 1 heterocycles. The number of nitrogens with one attached hydrogen (secondary N) is 1. The van der Waals surface area contributed by atoms with Crippen molar-refractivity contribution in [2.24, 2.45) is 7.05 Å². The van der Waals surface area contributed by atoms with Gasteiger partial charge in [0.15, 0.2) is 0 Å². The Bertz CT molecular complexity index is 298. The molecule has 11 heavy (non-hydrogen) atoms. The zero-order chi connectivity index (χ0) is 8.65. The second kappa shape index (κ2) is 2.26. The number of imidazole rings is 1. The van der Waals surface area contributed by atoms with E-state index in [1.54, 1.807) is 4.57 Å². The Labute approximate surface area is 66.8 Å².